The van der Waals surface area contributed by atoms with Crippen molar-refractivity contribution in [2.75, 3.05) is 31.6 Å². The van der Waals surface area contributed by atoms with E-state index in [-0.39, 0.29) is 5.75 Å². The molecule has 3 aliphatic rings. The van der Waals surface area contributed by atoms with Gasteiger partial charge in [0.15, 0.2) is 5.82 Å². The number of fused-ring (bicyclic) bond motifs is 1. The van der Waals surface area contributed by atoms with Crippen molar-refractivity contribution < 1.29 is 9.84 Å². The van der Waals surface area contributed by atoms with Crippen LogP contribution in [0.1, 0.15) is 55.2 Å². The van der Waals surface area contributed by atoms with Gasteiger partial charge < -0.3 is 15.2 Å². The van der Waals surface area contributed by atoms with Crippen LogP contribution in [0.4, 0.5) is 5.82 Å². The number of hydrogen-bond donors (Lipinski definition) is 2. The van der Waals surface area contributed by atoms with Crippen molar-refractivity contribution in [3.05, 3.63) is 34.9 Å². The SMILES string of the molecule is C#Cc1ccc(-c2nnc(N[C@@H]3CCCN(C4CCOCC4)C3)c3c2CCCC3)c(O)c1. The van der Waals surface area contributed by atoms with E-state index in [9.17, 15) is 5.11 Å². The number of phenols is 1. The first-order valence-electron chi connectivity index (χ1n) is 12.0. The van der Waals surface area contributed by atoms with Crippen molar-refractivity contribution in [3.8, 4) is 29.4 Å². The minimum Gasteiger partial charge on any atom is -0.507 e. The summed E-state index contributed by atoms with van der Waals surface area (Å²) in [5.74, 6) is 3.68. The Bertz CT molecular complexity index is 1010. The number of nitrogens with zero attached hydrogens (tertiary/aromatic N) is 3. The van der Waals surface area contributed by atoms with Crippen LogP contribution >= 0.6 is 0 Å². The third-order valence-electron chi connectivity index (χ3n) is 7.21. The fraction of sp³-hybridized carbons (Fsp3) is 0.538. The van der Waals surface area contributed by atoms with E-state index in [2.05, 4.69) is 26.3 Å². The van der Waals surface area contributed by atoms with Gasteiger partial charge in [-0.3, -0.25) is 4.90 Å². The number of benzene rings is 1. The summed E-state index contributed by atoms with van der Waals surface area (Å²) >= 11 is 0. The molecule has 0 unspecified atom stereocenters. The molecule has 1 aromatic carbocycles. The van der Waals surface area contributed by atoms with Gasteiger partial charge in [-0.1, -0.05) is 5.92 Å². The maximum absolute atomic E-state index is 10.6. The quantitative estimate of drug-likeness (QED) is 0.717. The van der Waals surface area contributed by atoms with Crippen LogP contribution in [0.3, 0.4) is 0 Å². The molecule has 32 heavy (non-hydrogen) atoms. The maximum Gasteiger partial charge on any atom is 0.152 e. The highest BCUT2D eigenvalue weighted by molar-refractivity contribution is 5.73. The van der Waals surface area contributed by atoms with Gasteiger partial charge in [0.2, 0.25) is 0 Å². The van der Waals surface area contributed by atoms with Gasteiger partial charge in [0.05, 0.1) is 0 Å². The average Bonchev–Trinajstić information content (AvgIpc) is 2.85. The second-order valence-electron chi connectivity index (χ2n) is 9.26. The molecular formula is C26H32N4O2. The maximum atomic E-state index is 10.6. The van der Waals surface area contributed by atoms with E-state index in [4.69, 9.17) is 11.2 Å². The van der Waals surface area contributed by atoms with E-state index >= 15 is 0 Å². The molecule has 0 saturated carbocycles. The second-order valence-corrected chi connectivity index (χ2v) is 9.26. The molecule has 0 bridgehead atoms. The predicted octanol–water partition coefficient (Wildman–Crippen LogP) is 3.76. The summed E-state index contributed by atoms with van der Waals surface area (Å²) in [6.07, 6.45) is 14.4. The van der Waals surface area contributed by atoms with E-state index in [0.717, 1.165) is 76.2 Å². The lowest BCUT2D eigenvalue weighted by molar-refractivity contribution is 0.0255. The van der Waals surface area contributed by atoms with Crippen LogP contribution in [-0.2, 0) is 17.6 Å². The zero-order chi connectivity index (χ0) is 21.9. The molecule has 1 atom stereocenters. The van der Waals surface area contributed by atoms with Crippen molar-refractivity contribution in [3.63, 3.8) is 0 Å². The van der Waals surface area contributed by atoms with Crippen LogP contribution in [0.2, 0.25) is 0 Å². The van der Waals surface area contributed by atoms with Gasteiger partial charge in [-0.05, 0) is 81.7 Å². The monoisotopic (exact) mass is 432 g/mol. The van der Waals surface area contributed by atoms with Crippen LogP contribution in [0.25, 0.3) is 11.3 Å². The number of piperidine rings is 1. The number of nitrogens with one attached hydrogen (secondary N) is 1. The minimum atomic E-state index is 0.169. The molecule has 6 nitrogen and oxygen atoms in total. The first-order valence-corrected chi connectivity index (χ1v) is 12.0. The summed E-state index contributed by atoms with van der Waals surface area (Å²) < 4.78 is 5.56. The molecule has 168 valence electrons. The lowest BCUT2D eigenvalue weighted by Crippen LogP contribution is -2.49. The van der Waals surface area contributed by atoms with Gasteiger partial charge in [0, 0.05) is 48.5 Å². The Kier molecular flexibility index (Phi) is 6.29. The Morgan fingerprint density at radius 1 is 1.06 bits per heavy atom. The molecular weight excluding hydrogens is 400 g/mol. The summed E-state index contributed by atoms with van der Waals surface area (Å²) in [5, 5.41) is 23.6. The van der Waals surface area contributed by atoms with Crippen molar-refractivity contribution in [1.82, 2.24) is 15.1 Å². The van der Waals surface area contributed by atoms with E-state index in [1.165, 1.54) is 24.1 Å². The van der Waals surface area contributed by atoms with Crippen molar-refractivity contribution in [1.29, 1.82) is 0 Å². The first-order chi connectivity index (χ1) is 15.7. The number of ether oxygens (including phenoxy) is 1. The highest BCUT2D eigenvalue weighted by Crippen LogP contribution is 2.37. The van der Waals surface area contributed by atoms with Crippen molar-refractivity contribution in [2.45, 2.75) is 63.5 Å². The zero-order valence-corrected chi connectivity index (χ0v) is 18.6. The molecule has 0 amide bonds. The molecule has 2 fully saturated rings. The first kappa shape index (κ1) is 21.2. The van der Waals surface area contributed by atoms with Gasteiger partial charge >= 0.3 is 0 Å². The molecule has 1 aliphatic carbocycles. The van der Waals surface area contributed by atoms with E-state index in [1.54, 1.807) is 6.07 Å². The number of likely N-dealkylation sites (tertiary alicyclic amines) is 1. The number of hydrogen-bond acceptors (Lipinski definition) is 6. The fourth-order valence-electron chi connectivity index (χ4n) is 5.50. The van der Waals surface area contributed by atoms with Gasteiger partial charge in [-0.2, -0.15) is 0 Å². The summed E-state index contributed by atoms with van der Waals surface area (Å²) in [7, 11) is 0. The van der Waals surface area contributed by atoms with E-state index in [1.807, 2.05) is 12.1 Å². The zero-order valence-electron chi connectivity index (χ0n) is 18.6. The summed E-state index contributed by atoms with van der Waals surface area (Å²) in [6, 6.07) is 6.38. The summed E-state index contributed by atoms with van der Waals surface area (Å²) in [4.78, 5) is 2.64. The van der Waals surface area contributed by atoms with Crippen molar-refractivity contribution >= 4 is 5.82 Å². The van der Waals surface area contributed by atoms with Crippen LogP contribution in [-0.4, -0.2) is 58.6 Å². The number of aromatic nitrogens is 2. The van der Waals surface area contributed by atoms with Crippen LogP contribution < -0.4 is 5.32 Å². The number of aromatic hydroxyl groups is 1. The normalized spacial score (nSPS) is 22.2. The lowest BCUT2D eigenvalue weighted by atomic mass is 9.88. The Labute approximate surface area is 190 Å². The summed E-state index contributed by atoms with van der Waals surface area (Å²) in [5.41, 5.74) is 4.65. The lowest BCUT2D eigenvalue weighted by Gasteiger charge is -2.40. The third-order valence-corrected chi connectivity index (χ3v) is 7.21. The molecule has 2 saturated heterocycles. The molecule has 1 aromatic heterocycles. The molecule has 2 N–H and O–H groups in total. The van der Waals surface area contributed by atoms with Crippen LogP contribution in [0, 0.1) is 12.3 Å². The topological polar surface area (TPSA) is 70.5 Å². The minimum absolute atomic E-state index is 0.169. The Morgan fingerprint density at radius 2 is 1.88 bits per heavy atom. The van der Waals surface area contributed by atoms with Gasteiger partial charge in [-0.15, -0.1) is 16.6 Å². The number of rotatable bonds is 4. The number of anilines is 1. The predicted molar refractivity (Wildman–Crippen MR) is 126 cm³/mol. The molecule has 0 radical (unpaired) electrons. The van der Waals surface area contributed by atoms with Crippen LogP contribution in [0.15, 0.2) is 18.2 Å². The smallest absolute Gasteiger partial charge is 0.152 e. The van der Waals surface area contributed by atoms with Crippen molar-refractivity contribution in [2.24, 2.45) is 0 Å². The van der Waals surface area contributed by atoms with Crippen LogP contribution in [0.5, 0.6) is 5.75 Å². The largest absolute Gasteiger partial charge is 0.507 e. The highest BCUT2D eigenvalue weighted by Gasteiger charge is 2.29. The van der Waals surface area contributed by atoms with E-state index < -0.39 is 0 Å². The molecule has 5 rings (SSSR count). The fourth-order valence-corrected chi connectivity index (χ4v) is 5.50. The second kappa shape index (κ2) is 9.48. The third kappa shape index (κ3) is 4.32. The Hall–Kier alpha value is -2.62. The molecule has 0 spiro atoms. The average molecular weight is 433 g/mol. The van der Waals surface area contributed by atoms with Gasteiger partial charge in [-0.25, -0.2) is 0 Å². The number of phenolic OH excluding ortho intramolecular Hbond substituents is 1. The Morgan fingerprint density at radius 3 is 2.66 bits per heavy atom. The Balaban J connectivity index is 1.39. The van der Waals surface area contributed by atoms with Gasteiger partial charge in [0.25, 0.3) is 0 Å². The highest BCUT2D eigenvalue weighted by atomic mass is 16.5. The number of terminal acetylenes is 1. The van der Waals surface area contributed by atoms with E-state index in [0.29, 0.717) is 23.2 Å². The standard InChI is InChI=1S/C26H32N4O2/c1-2-18-9-10-23(24(31)16-18)25-21-7-3-4-8-22(21)26(29-28-25)27-19-6-5-13-30(17-19)20-11-14-32-15-12-20/h1,9-10,16,19-20,31H,3-8,11-15,17H2,(H,27,29)/t19-/m1/s1. The van der Waals surface area contributed by atoms with Gasteiger partial charge in [0.1, 0.15) is 11.4 Å². The molecule has 2 aromatic rings. The molecule has 3 heterocycles. The molecule has 6 heteroatoms. The molecule has 2 aliphatic heterocycles. The summed E-state index contributed by atoms with van der Waals surface area (Å²) in [6.45, 7) is 4.00.